The number of aromatic hydroxyl groups is 1. The molecule has 0 bridgehead atoms. The van der Waals surface area contributed by atoms with Crippen molar-refractivity contribution in [2.45, 2.75) is 31.3 Å². The molecule has 1 atom stereocenters. The van der Waals surface area contributed by atoms with E-state index in [0.717, 1.165) is 0 Å². The van der Waals surface area contributed by atoms with E-state index in [1.807, 2.05) is 13.8 Å². The van der Waals surface area contributed by atoms with Gasteiger partial charge in [-0.15, -0.1) is 0 Å². The van der Waals surface area contributed by atoms with Gasteiger partial charge in [-0.25, -0.2) is 15.0 Å². The standard InChI is InChI=1S/C25H29N7O5S/c1-15(2)22(26)25(34)37-11-10-16-8-9-17(33)12-20(16)30-23-24(29-19-7-5-4-6-18(19)28-23)31-38(35,36)21-13-32(3)14-27-21/h4-9,12-15,22,33H,10-11,26H2,1-3H3,(H,28,30)(H,29,31)/t22-/m0/s1. The largest absolute Gasteiger partial charge is 0.508 e. The van der Waals surface area contributed by atoms with Crippen molar-refractivity contribution in [2.75, 3.05) is 16.6 Å². The molecule has 0 radical (unpaired) electrons. The lowest BCUT2D eigenvalue weighted by Gasteiger charge is -2.17. The summed E-state index contributed by atoms with van der Waals surface area (Å²) in [6, 6.07) is 10.9. The number of imidazole rings is 1. The topological polar surface area (TPSA) is 174 Å². The number of hydrogen-bond donors (Lipinski definition) is 4. The lowest BCUT2D eigenvalue weighted by molar-refractivity contribution is -0.146. The predicted octanol–water partition coefficient (Wildman–Crippen LogP) is 2.68. The Morgan fingerprint density at radius 3 is 2.45 bits per heavy atom. The number of carbonyl (C=O) groups excluding carboxylic acids is 1. The first-order valence-electron chi connectivity index (χ1n) is 11.8. The van der Waals surface area contributed by atoms with E-state index in [4.69, 9.17) is 10.5 Å². The first-order chi connectivity index (χ1) is 18.0. The van der Waals surface area contributed by atoms with Gasteiger partial charge in [0.15, 0.2) is 16.7 Å². The Morgan fingerprint density at radius 2 is 1.82 bits per heavy atom. The number of phenols is 1. The second kappa shape index (κ2) is 11.0. The van der Waals surface area contributed by atoms with Crippen LogP contribution in [0.5, 0.6) is 5.75 Å². The highest BCUT2D eigenvalue weighted by Crippen LogP contribution is 2.30. The molecule has 2 aromatic carbocycles. The number of nitrogens with zero attached hydrogens (tertiary/aromatic N) is 4. The van der Waals surface area contributed by atoms with E-state index < -0.39 is 22.0 Å². The molecule has 38 heavy (non-hydrogen) atoms. The number of carbonyl (C=O) groups is 1. The lowest BCUT2D eigenvalue weighted by atomic mass is 10.1. The van der Waals surface area contributed by atoms with Crippen molar-refractivity contribution in [1.82, 2.24) is 19.5 Å². The van der Waals surface area contributed by atoms with Crippen LogP contribution in [-0.4, -0.2) is 51.7 Å². The third-order valence-electron chi connectivity index (χ3n) is 5.71. The van der Waals surface area contributed by atoms with Gasteiger partial charge in [0.25, 0.3) is 10.0 Å². The molecule has 0 saturated heterocycles. The van der Waals surface area contributed by atoms with Crippen LogP contribution >= 0.6 is 0 Å². The molecule has 0 saturated carbocycles. The van der Waals surface area contributed by atoms with Gasteiger partial charge in [0.05, 0.1) is 24.0 Å². The fraction of sp³-hybridized carbons (Fsp3) is 0.280. The number of sulfonamides is 1. The number of ether oxygens (including phenoxy) is 1. The molecule has 0 fully saturated rings. The summed E-state index contributed by atoms with van der Waals surface area (Å²) in [6.07, 6.45) is 3.04. The highest BCUT2D eigenvalue weighted by Gasteiger charge is 2.22. The van der Waals surface area contributed by atoms with Crippen LogP contribution in [0.2, 0.25) is 0 Å². The summed E-state index contributed by atoms with van der Waals surface area (Å²) in [7, 11) is -2.42. The molecule has 13 heteroatoms. The van der Waals surface area contributed by atoms with Crippen molar-refractivity contribution in [1.29, 1.82) is 0 Å². The van der Waals surface area contributed by atoms with Gasteiger partial charge in [0.2, 0.25) is 0 Å². The van der Waals surface area contributed by atoms with Crippen molar-refractivity contribution < 1.29 is 23.1 Å². The molecule has 2 heterocycles. The van der Waals surface area contributed by atoms with E-state index >= 15 is 0 Å². The average molecular weight is 540 g/mol. The zero-order valence-electron chi connectivity index (χ0n) is 21.1. The van der Waals surface area contributed by atoms with Gasteiger partial charge < -0.3 is 25.5 Å². The van der Waals surface area contributed by atoms with Crippen molar-refractivity contribution in [3.63, 3.8) is 0 Å². The molecule has 0 unspecified atom stereocenters. The number of aryl methyl sites for hydroxylation is 1. The van der Waals surface area contributed by atoms with E-state index in [2.05, 4.69) is 25.0 Å². The third kappa shape index (κ3) is 6.18. The van der Waals surface area contributed by atoms with Crippen molar-refractivity contribution in [3.8, 4) is 5.75 Å². The Morgan fingerprint density at radius 1 is 1.13 bits per heavy atom. The highest BCUT2D eigenvalue weighted by atomic mass is 32.2. The van der Waals surface area contributed by atoms with Gasteiger partial charge in [-0.3, -0.25) is 9.52 Å². The van der Waals surface area contributed by atoms with Gasteiger partial charge in [-0.05, 0) is 29.7 Å². The number of hydrogen-bond acceptors (Lipinski definition) is 10. The molecular formula is C25H29N7O5S. The van der Waals surface area contributed by atoms with Crippen LogP contribution in [0, 0.1) is 5.92 Å². The van der Waals surface area contributed by atoms with E-state index in [1.165, 1.54) is 29.2 Å². The van der Waals surface area contributed by atoms with Crippen LogP contribution < -0.4 is 15.8 Å². The predicted molar refractivity (Wildman–Crippen MR) is 142 cm³/mol. The lowest BCUT2D eigenvalue weighted by Crippen LogP contribution is -2.37. The molecule has 0 amide bonds. The maximum atomic E-state index is 13.0. The number of benzene rings is 2. The van der Waals surface area contributed by atoms with Gasteiger partial charge in [0.1, 0.15) is 11.8 Å². The number of aromatic nitrogens is 4. The number of anilines is 3. The molecule has 0 aliphatic carbocycles. The summed E-state index contributed by atoms with van der Waals surface area (Å²) >= 11 is 0. The summed E-state index contributed by atoms with van der Waals surface area (Å²) < 4.78 is 35.3. The van der Waals surface area contributed by atoms with Crippen molar-refractivity contribution in [3.05, 3.63) is 60.6 Å². The number of nitrogens with one attached hydrogen (secondary N) is 2. The minimum Gasteiger partial charge on any atom is -0.508 e. The average Bonchev–Trinajstić information content (AvgIpc) is 3.32. The summed E-state index contributed by atoms with van der Waals surface area (Å²) in [6.45, 7) is 3.72. The van der Waals surface area contributed by atoms with Crippen LogP contribution in [0.25, 0.3) is 11.0 Å². The quantitative estimate of drug-likeness (QED) is 0.219. The molecule has 4 rings (SSSR count). The maximum absolute atomic E-state index is 13.0. The fourth-order valence-corrected chi connectivity index (χ4v) is 4.51. The Bertz CT molecular complexity index is 1570. The molecule has 4 aromatic rings. The monoisotopic (exact) mass is 539 g/mol. The summed E-state index contributed by atoms with van der Waals surface area (Å²) in [4.78, 5) is 25.1. The second-order valence-electron chi connectivity index (χ2n) is 9.05. The number of para-hydroxylation sites is 2. The Balaban J connectivity index is 1.65. The van der Waals surface area contributed by atoms with Gasteiger partial charge in [-0.1, -0.05) is 32.0 Å². The molecule has 200 valence electrons. The Labute approximate surface area is 219 Å². The molecular weight excluding hydrogens is 510 g/mol. The van der Waals surface area contributed by atoms with E-state index in [9.17, 15) is 18.3 Å². The Hall–Kier alpha value is -4.23. The summed E-state index contributed by atoms with van der Waals surface area (Å²) in [5.41, 5.74) is 7.96. The molecule has 0 aliphatic rings. The fourth-order valence-electron chi connectivity index (χ4n) is 3.52. The number of rotatable bonds is 10. The molecule has 0 aliphatic heterocycles. The Kier molecular flexibility index (Phi) is 7.78. The number of esters is 1. The molecule has 12 nitrogen and oxygen atoms in total. The van der Waals surface area contributed by atoms with Crippen LogP contribution in [-0.2, 0) is 33.0 Å². The van der Waals surface area contributed by atoms with Crippen LogP contribution in [0.15, 0.2) is 60.0 Å². The first kappa shape index (κ1) is 26.8. The first-order valence-corrected chi connectivity index (χ1v) is 13.3. The summed E-state index contributed by atoms with van der Waals surface area (Å²) in [5, 5.41) is 13.0. The van der Waals surface area contributed by atoms with Crippen LogP contribution in [0.3, 0.4) is 0 Å². The minimum absolute atomic E-state index is 0.0283. The van der Waals surface area contributed by atoms with Crippen LogP contribution in [0.4, 0.5) is 17.3 Å². The highest BCUT2D eigenvalue weighted by molar-refractivity contribution is 7.92. The zero-order valence-corrected chi connectivity index (χ0v) is 21.9. The SMILES string of the molecule is CC(C)[C@H](N)C(=O)OCCc1ccc(O)cc1Nc1nc2ccccc2nc1NS(=O)(=O)c1cn(C)cn1. The van der Waals surface area contributed by atoms with Gasteiger partial charge in [0, 0.05) is 31.4 Å². The molecule has 2 aromatic heterocycles. The van der Waals surface area contributed by atoms with E-state index in [-0.39, 0.29) is 34.9 Å². The van der Waals surface area contributed by atoms with Gasteiger partial charge in [-0.2, -0.15) is 8.42 Å². The minimum atomic E-state index is -4.08. The van der Waals surface area contributed by atoms with Crippen molar-refractivity contribution >= 4 is 44.3 Å². The van der Waals surface area contributed by atoms with Gasteiger partial charge >= 0.3 is 5.97 Å². The normalized spacial score (nSPS) is 12.4. The molecule has 5 N–H and O–H groups in total. The molecule has 0 spiro atoms. The number of fused-ring (bicyclic) bond motifs is 1. The third-order valence-corrected chi connectivity index (χ3v) is 6.93. The number of nitrogens with two attached hydrogens (primary N) is 1. The second-order valence-corrected chi connectivity index (χ2v) is 10.7. The van der Waals surface area contributed by atoms with E-state index in [0.29, 0.717) is 28.7 Å². The zero-order chi connectivity index (χ0) is 27.4. The van der Waals surface area contributed by atoms with Crippen molar-refractivity contribution in [2.24, 2.45) is 18.7 Å². The number of phenolic OH excluding ortho intramolecular Hbond substituents is 1. The van der Waals surface area contributed by atoms with E-state index in [1.54, 1.807) is 37.4 Å². The van der Waals surface area contributed by atoms with Crippen LogP contribution in [0.1, 0.15) is 19.4 Å². The summed E-state index contributed by atoms with van der Waals surface area (Å²) in [5.74, 6) is -0.542. The maximum Gasteiger partial charge on any atom is 0.323 e. The smallest absolute Gasteiger partial charge is 0.323 e.